The monoisotopic (exact) mass is 352 g/mol. The Hall–Kier alpha value is -1.02. The van der Waals surface area contributed by atoms with E-state index in [9.17, 15) is 8.42 Å². The fourth-order valence-electron chi connectivity index (χ4n) is 2.06. The zero-order chi connectivity index (χ0) is 16.1. The number of hydrogen-bond donors (Lipinski definition) is 2. The number of methoxy groups -OCH3 is 2. The van der Waals surface area contributed by atoms with Gasteiger partial charge in [-0.1, -0.05) is 13.8 Å². The summed E-state index contributed by atoms with van der Waals surface area (Å²) in [7, 11) is -0.857. The van der Waals surface area contributed by atoms with Crippen LogP contribution >= 0.6 is 12.4 Å². The quantitative estimate of drug-likeness (QED) is 0.746. The van der Waals surface area contributed by atoms with Gasteiger partial charge >= 0.3 is 0 Å². The van der Waals surface area contributed by atoms with Crippen molar-refractivity contribution in [1.82, 2.24) is 4.72 Å². The third kappa shape index (κ3) is 4.49. The summed E-state index contributed by atoms with van der Waals surface area (Å²) >= 11 is 0. The largest absolute Gasteiger partial charge is 0.497 e. The maximum atomic E-state index is 12.7. The van der Waals surface area contributed by atoms with Crippen LogP contribution in [0.25, 0.3) is 0 Å². The number of ether oxygens (including phenoxy) is 2. The van der Waals surface area contributed by atoms with Crippen LogP contribution in [0.2, 0.25) is 0 Å². The van der Waals surface area contributed by atoms with Gasteiger partial charge in [0, 0.05) is 18.2 Å². The van der Waals surface area contributed by atoms with Crippen LogP contribution in [0, 0.1) is 0 Å². The highest BCUT2D eigenvalue weighted by atomic mass is 35.5. The molecule has 0 spiro atoms. The Morgan fingerprint density at radius 1 is 1.18 bits per heavy atom. The minimum atomic E-state index is -3.76. The molecule has 22 heavy (non-hydrogen) atoms. The van der Waals surface area contributed by atoms with E-state index in [1.165, 1.54) is 20.3 Å². The number of benzene rings is 1. The Balaban J connectivity index is 0.00000441. The normalized spacial score (nSPS) is 11.7. The first kappa shape index (κ1) is 21.0. The molecule has 6 nitrogen and oxygen atoms in total. The molecule has 0 aliphatic rings. The first-order valence-electron chi connectivity index (χ1n) is 6.84. The second-order valence-electron chi connectivity index (χ2n) is 4.81. The van der Waals surface area contributed by atoms with E-state index in [0.717, 1.165) is 0 Å². The number of halogens is 1. The molecule has 0 aromatic heterocycles. The van der Waals surface area contributed by atoms with Crippen molar-refractivity contribution in [2.45, 2.75) is 37.1 Å². The van der Waals surface area contributed by atoms with Gasteiger partial charge in [0.05, 0.1) is 14.2 Å². The molecule has 3 N–H and O–H groups in total. The van der Waals surface area contributed by atoms with E-state index in [0.29, 0.717) is 18.6 Å². The number of rotatable bonds is 8. The summed E-state index contributed by atoms with van der Waals surface area (Å²) in [6.45, 7) is 4.04. The maximum absolute atomic E-state index is 12.7. The van der Waals surface area contributed by atoms with E-state index in [2.05, 4.69) is 4.72 Å². The molecule has 128 valence electrons. The van der Waals surface area contributed by atoms with E-state index in [1.807, 2.05) is 13.8 Å². The zero-order valence-corrected chi connectivity index (χ0v) is 15.0. The second kappa shape index (κ2) is 8.57. The molecule has 0 radical (unpaired) electrons. The van der Waals surface area contributed by atoms with E-state index in [-0.39, 0.29) is 29.6 Å². The summed E-state index contributed by atoms with van der Waals surface area (Å²) in [5, 5.41) is 0. The van der Waals surface area contributed by atoms with Crippen molar-refractivity contribution in [2.24, 2.45) is 5.73 Å². The average Bonchev–Trinajstić information content (AvgIpc) is 2.52. The summed E-state index contributed by atoms with van der Waals surface area (Å²) in [4.78, 5) is 0.0454. The SMILES string of the molecule is CCC(CC)(CN)NS(=O)(=O)c1cc(OC)ccc1OC.Cl. The number of hydrogen-bond acceptors (Lipinski definition) is 5. The molecule has 1 aromatic rings. The Labute approximate surface area is 138 Å². The van der Waals surface area contributed by atoms with E-state index in [4.69, 9.17) is 15.2 Å². The number of nitrogens with two attached hydrogens (primary N) is 1. The minimum absolute atomic E-state index is 0. The smallest absolute Gasteiger partial charge is 0.244 e. The van der Waals surface area contributed by atoms with Gasteiger partial charge < -0.3 is 15.2 Å². The molecule has 0 unspecified atom stereocenters. The number of sulfonamides is 1. The lowest BCUT2D eigenvalue weighted by atomic mass is 9.95. The van der Waals surface area contributed by atoms with Gasteiger partial charge in [0.15, 0.2) is 0 Å². The molecule has 0 saturated heterocycles. The van der Waals surface area contributed by atoms with Crippen LogP contribution in [0.1, 0.15) is 26.7 Å². The lowest BCUT2D eigenvalue weighted by Crippen LogP contribution is -2.52. The highest BCUT2D eigenvalue weighted by Gasteiger charge is 2.32. The molecule has 8 heteroatoms. The van der Waals surface area contributed by atoms with Gasteiger partial charge in [-0.15, -0.1) is 12.4 Å². The number of nitrogens with one attached hydrogen (secondary N) is 1. The van der Waals surface area contributed by atoms with E-state index in [1.54, 1.807) is 12.1 Å². The first-order valence-corrected chi connectivity index (χ1v) is 8.32. The van der Waals surface area contributed by atoms with Gasteiger partial charge in [-0.3, -0.25) is 0 Å². The van der Waals surface area contributed by atoms with Crippen molar-refractivity contribution < 1.29 is 17.9 Å². The van der Waals surface area contributed by atoms with Gasteiger partial charge in [-0.05, 0) is 25.0 Å². The van der Waals surface area contributed by atoms with Crippen LogP contribution in [0.4, 0.5) is 0 Å². The predicted molar refractivity (Wildman–Crippen MR) is 89.5 cm³/mol. The van der Waals surface area contributed by atoms with Gasteiger partial charge in [0.1, 0.15) is 16.4 Å². The van der Waals surface area contributed by atoms with Crippen LogP contribution in [0.15, 0.2) is 23.1 Å². The van der Waals surface area contributed by atoms with Gasteiger partial charge in [-0.2, -0.15) is 0 Å². The Morgan fingerprint density at radius 3 is 2.18 bits per heavy atom. The first-order chi connectivity index (χ1) is 9.87. The topological polar surface area (TPSA) is 90.7 Å². The second-order valence-corrected chi connectivity index (χ2v) is 6.46. The minimum Gasteiger partial charge on any atom is -0.497 e. The molecule has 0 heterocycles. The highest BCUT2D eigenvalue weighted by molar-refractivity contribution is 7.89. The molecule has 0 aliphatic carbocycles. The lowest BCUT2D eigenvalue weighted by Gasteiger charge is -2.31. The average molecular weight is 353 g/mol. The molecule has 0 amide bonds. The third-order valence-electron chi connectivity index (χ3n) is 3.76. The molecule has 1 rings (SSSR count). The van der Waals surface area contributed by atoms with Crippen LogP contribution < -0.4 is 19.9 Å². The molecule has 1 aromatic carbocycles. The van der Waals surface area contributed by atoms with Crippen LogP contribution in [-0.4, -0.2) is 34.7 Å². The van der Waals surface area contributed by atoms with Crippen LogP contribution in [0.5, 0.6) is 11.5 Å². The summed E-state index contributed by atoms with van der Waals surface area (Å²) in [6, 6.07) is 4.65. The van der Waals surface area contributed by atoms with Crippen molar-refractivity contribution in [3.63, 3.8) is 0 Å². The molecule has 0 atom stereocenters. The summed E-state index contributed by atoms with van der Waals surface area (Å²) in [5.41, 5.74) is 5.10. The summed E-state index contributed by atoms with van der Waals surface area (Å²) in [6.07, 6.45) is 1.21. The van der Waals surface area contributed by atoms with Crippen molar-refractivity contribution in [2.75, 3.05) is 20.8 Å². The molecule has 0 aliphatic heterocycles. The molecule has 0 fully saturated rings. The Kier molecular flexibility index (Phi) is 8.17. The fraction of sp³-hybridized carbons (Fsp3) is 0.571. The van der Waals surface area contributed by atoms with Crippen LogP contribution in [0.3, 0.4) is 0 Å². The van der Waals surface area contributed by atoms with Crippen molar-refractivity contribution in [3.05, 3.63) is 18.2 Å². The van der Waals surface area contributed by atoms with Crippen molar-refractivity contribution >= 4 is 22.4 Å². The Morgan fingerprint density at radius 2 is 1.77 bits per heavy atom. The standard InChI is InChI=1S/C14H24N2O4S.ClH/c1-5-14(6-2,10-15)16-21(17,18)13-9-11(19-3)7-8-12(13)20-4;/h7-9,16H,5-6,10,15H2,1-4H3;1H. The highest BCUT2D eigenvalue weighted by Crippen LogP contribution is 2.29. The predicted octanol–water partition coefficient (Wildman–Crippen LogP) is 1.92. The zero-order valence-electron chi connectivity index (χ0n) is 13.4. The van der Waals surface area contributed by atoms with Crippen molar-refractivity contribution in [1.29, 1.82) is 0 Å². The summed E-state index contributed by atoms with van der Waals surface area (Å²) in [5.74, 6) is 0.712. The van der Waals surface area contributed by atoms with Crippen LogP contribution in [-0.2, 0) is 10.0 Å². The molecular weight excluding hydrogens is 328 g/mol. The van der Waals surface area contributed by atoms with E-state index < -0.39 is 15.6 Å². The summed E-state index contributed by atoms with van der Waals surface area (Å²) < 4.78 is 38.3. The fourth-order valence-corrected chi connectivity index (χ4v) is 3.80. The van der Waals surface area contributed by atoms with E-state index >= 15 is 0 Å². The molecular formula is C14H25ClN2O4S. The Bertz CT molecular complexity index is 566. The molecule has 0 saturated carbocycles. The van der Waals surface area contributed by atoms with Crippen molar-refractivity contribution in [3.8, 4) is 11.5 Å². The lowest BCUT2D eigenvalue weighted by molar-refractivity contribution is 0.359. The van der Waals surface area contributed by atoms with Gasteiger partial charge in [0.2, 0.25) is 10.0 Å². The maximum Gasteiger partial charge on any atom is 0.244 e. The van der Waals surface area contributed by atoms with Gasteiger partial charge in [-0.25, -0.2) is 13.1 Å². The van der Waals surface area contributed by atoms with Gasteiger partial charge in [0.25, 0.3) is 0 Å². The molecule has 0 bridgehead atoms. The third-order valence-corrected chi connectivity index (χ3v) is 5.36.